The van der Waals surface area contributed by atoms with Gasteiger partial charge in [0.1, 0.15) is 6.61 Å². The molecule has 0 aromatic heterocycles. The highest BCUT2D eigenvalue weighted by Crippen LogP contribution is 2.13. The predicted molar refractivity (Wildman–Crippen MR) is 54.1 cm³/mol. The number of rotatable bonds is 4. The summed E-state index contributed by atoms with van der Waals surface area (Å²) in [5.41, 5.74) is 0. The van der Waals surface area contributed by atoms with E-state index in [2.05, 4.69) is 36.6 Å². The SMILES string of the molecule is CCOC(=O)OCC(Br)C(C)Br. The van der Waals surface area contributed by atoms with Crippen LogP contribution in [0.2, 0.25) is 0 Å². The van der Waals surface area contributed by atoms with Crippen LogP contribution in [0.25, 0.3) is 0 Å². The molecule has 0 fully saturated rings. The van der Waals surface area contributed by atoms with Gasteiger partial charge >= 0.3 is 6.16 Å². The van der Waals surface area contributed by atoms with Gasteiger partial charge in [0.05, 0.1) is 11.4 Å². The molecule has 0 aromatic carbocycles. The average molecular weight is 304 g/mol. The molecule has 0 amide bonds. The highest BCUT2D eigenvalue weighted by molar-refractivity contribution is 9.12. The van der Waals surface area contributed by atoms with Gasteiger partial charge in [-0.05, 0) is 6.92 Å². The van der Waals surface area contributed by atoms with Crippen LogP contribution in [0.1, 0.15) is 13.8 Å². The molecule has 0 bridgehead atoms. The van der Waals surface area contributed by atoms with Gasteiger partial charge in [0.25, 0.3) is 0 Å². The topological polar surface area (TPSA) is 35.5 Å². The Balaban J connectivity index is 3.47. The Morgan fingerprint density at radius 2 is 2.00 bits per heavy atom. The van der Waals surface area contributed by atoms with Crippen LogP contribution in [-0.4, -0.2) is 29.0 Å². The summed E-state index contributed by atoms with van der Waals surface area (Å²) < 4.78 is 9.34. The molecule has 0 spiro atoms. The van der Waals surface area contributed by atoms with E-state index < -0.39 is 6.16 Å². The largest absolute Gasteiger partial charge is 0.508 e. The molecule has 0 saturated heterocycles. The van der Waals surface area contributed by atoms with E-state index in [4.69, 9.17) is 4.74 Å². The highest BCUT2D eigenvalue weighted by atomic mass is 79.9. The third-order valence-corrected chi connectivity index (χ3v) is 3.53. The summed E-state index contributed by atoms with van der Waals surface area (Å²) >= 11 is 6.69. The Kier molecular flexibility index (Phi) is 6.84. The summed E-state index contributed by atoms with van der Waals surface area (Å²) in [6.45, 7) is 4.36. The van der Waals surface area contributed by atoms with Crippen molar-refractivity contribution >= 4 is 38.0 Å². The zero-order valence-corrected chi connectivity index (χ0v) is 10.2. The minimum absolute atomic E-state index is 0.113. The van der Waals surface area contributed by atoms with Gasteiger partial charge in [-0.25, -0.2) is 4.79 Å². The van der Waals surface area contributed by atoms with E-state index in [1.54, 1.807) is 6.92 Å². The van der Waals surface area contributed by atoms with E-state index >= 15 is 0 Å². The van der Waals surface area contributed by atoms with Crippen LogP contribution in [0.5, 0.6) is 0 Å². The fourth-order valence-corrected chi connectivity index (χ4v) is 0.725. The fraction of sp³-hybridized carbons (Fsp3) is 0.857. The van der Waals surface area contributed by atoms with E-state index in [-0.39, 0.29) is 9.65 Å². The Morgan fingerprint density at radius 1 is 1.42 bits per heavy atom. The summed E-state index contributed by atoms with van der Waals surface area (Å²) in [5, 5.41) is 0. The highest BCUT2D eigenvalue weighted by Gasteiger charge is 2.13. The maximum Gasteiger partial charge on any atom is 0.508 e. The van der Waals surface area contributed by atoms with E-state index in [1.165, 1.54) is 0 Å². The normalized spacial score (nSPS) is 15.0. The second kappa shape index (κ2) is 6.71. The summed E-state index contributed by atoms with van der Waals surface area (Å²) in [7, 11) is 0. The van der Waals surface area contributed by atoms with E-state index in [0.29, 0.717) is 13.2 Å². The number of carbonyl (C=O) groups excluding carboxylic acids is 1. The number of carbonyl (C=O) groups is 1. The lowest BCUT2D eigenvalue weighted by atomic mass is 10.4. The first kappa shape index (κ1) is 12.2. The minimum Gasteiger partial charge on any atom is -0.435 e. The second-order valence-corrected chi connectivity index (χ2v) is 4.81. The van der Waals surface area contributed by atoms with Crippen LogP contribution in [0.15, 0.2) is 0 Å². The second-order valence-electron chi connectivity index (χ2n) is 2.19. The van der Waals surface area contributed by atoms with Gasteiger partial charge in [0.15, 0.2) is 0 Å². The van der Waals surface area contributed by atoms with Crippen molar-refractivity contribution in [2.45, 2.75) is 23.5 Å². The first-order valence-corrected chi connectivity index (χ1v) is 5.48. The van der Waals surface area contributed by atoms with Crippen LogP contribution >= 0.6 is 31.9 Å². The fourth-order valence-electron chi connectivity index (χ4n) is 0.440. The van der Waals surface area contributed by atoms with E-state index in [0.717, 1.165) is 0 Å². The maximum absolute atomic E-state index is 10.7. The molecule has 2 atom stereocenters. The number of hydrogen-bond donors (Lipinski definition) is 0. The lowest BCUT2D eigenvalue weighted by molar-refractivity contribution is 0.0599. The number of halogens is 2. The zero-order chi connectivity index (χ0) is 9.56. The summed E-state index contributed by atoms with van der Waals surface area (Å²) in [4.78, 5) is 11.1. The smallest absolute Gasteiger partial charge is 0.435 e. The molecule has 0 aliphatic heterocycles. The molecule has 0 N–H and O–H groups in total. The van der Waals surface area contributed by atoms with Gasteiger partial charge in [-0.1, -0.05) is 38.8 Å². The lowest BCUT2D eigenvalue weighted by Crippen LogP contribution is -2.20. The van der Waals surface area contributed by atoms with Gasteiger partial charge in [-0.2, -0.15) is 0 Å². The van der Waals surface area contributed by atoms with Crippen molar-refractivity contribution in [1.82, 2.24) is 0 Å². The molecule has 0 aromatic rings. The van der Waals surface area contributed by atoms with Crippen molar-refractivity contribution in [3.63, 3.8) is 0 Å². The molecule has 0 heterocycles. The van der Waals surface area contributed by atoms with Crippen molar-refractivity contribution in [3.05, 3.63) is 0 Å². The molecule has 72 valence electrons. The third-order valence-electron chi connectivity index (χ3n) is 1.12. The Morgan fingerprint density at radius 3 is 2.42 bits per heavy atom. The molecule has 12 heavy (non-hydrogen) atoms. The van der Waals surface area contributed by atoms with Crippen molar-refractivity contribution in [2.24, 2.45) is 0 Å². The van der Waals surface area contributed by atoms with Crippen LogP contribution in [0, 0.1) is 0 Å². The Labute approximate surface area is 89.1 Å². The van der Waals surface area contributed by atoms with Gasteiger partial charge in [-0.15, -0.1) is 0 Å². The van der Waals surface area contributed by atoms with E-state index in [1.807, 2.05) is 6.92 Å². The van der Waals surface area contributed by atoms with Crippen LogP contribution in [0.3, 0.4) is 0 Å². The molecular weight excluding hydrogens is 292 g/mol. The van der Waals surface area contributed by atoms with Crippen molar-refractivity contribution in [1.29, 1.82) is 0 Å². The molecule has 0 saturated carbocycles. The maximum atomic E-state index is 10.7. The zero-order valence-electron chi connectivity index (χ0n) is 7.05. The third kappa shape index (κ3) is 5.83. The average Bonchev–Trinajstić information content (AvgIpc) is 2.00. The van der Waals surface area contributed by atoms with Gasteiger partial charge in [0, 0.05) is 4.83 Å². The summed E-state index contributed by atoms with van der Waals surface area (Å²) in [6.07, 6.45) is -0.616. The molecule has 0 aliphatic carbocycles. The monoisotopic (exact) mass is 302 g/mol. The molecule has 3 nitrogen and oxygen atoms in total. The summed E-state index contributed by atoms with van der Waals surface area (Å²) in [6, 6.07) is 0. The molecule has 5 heteroatoms. The quantitative estimate of drug-likeness (QED) is 0.592. The Hall–Kier alpha value is 0.230. The van der Waals surface area contributed by atoms with Gasteiger partial charge in [0.2, 0.25) is 0 Å². The standard InChI is InChI=1S/C7H12Br2O3/c1-3-11-7(10)12-4-6(9)5(2)8/h5-6H,3-4H2,1-2H3. The summed E-state index contributed by atoms with van der Waals surface area (Å²) in [5.74, 6) is 0. The minimum atomic E-state index is -0.616. The molecule has 0 rings (SSSR count). The number of alkyl halides is 2. The number of hydrogen-bond acceptors (Lipinski definition) is 3. The first-order valence-electron chi connectivity index (χ1n) is 3.65. The van der Waals surface area contributed by atoms with Crippen molar-refractivity contribution in [2.75, 3.05) is 13.2 Å². The molecule has 2 unspecified atom stereocenters. The lowest BCUT2D eigenvalue weighted by Gasteiger charge is -2.11. The van der Waals surface area contributed by atoms with Crippen LogP contribution in [0.4, 0.5) is 4.79 Å². The number of ether oxygens (including phenoxy) is 2. The van der Waals surface area contributed by atoms with Crippen LogP contribution in [-0.2, 0) is 9.47 Å². The molecular formula is C7H12Br2O3. The first-order chi connectivity index (χ1) is 5.57. The van der Waals surface area contributed by atoms with Crippen molar-refractivity contribution < 1.29 is 14.3 Å². The van der Waals surface area contributed by atoms with Gasteiger partial charge in [-0.3, -0.25) is 0 Å². The predicted octanol–water partition coefficient (Wildman–Crippen LogP) is 2.71. The van der Waals surface area contributed by atoms with Crippen molar-refractivity contribution in [3.8, 4) is 0 Å². The molecule has 0 aliphatic rings. The van der Waals surface area contributed by atoms with Gasteiger partial charge < -0.3 is 9.47 Å². The van der Waals surface area contributed by atoms with Crippen LogP contribution < -0.4 is 0 Å². The molecule has 0 radical (unpaired) electrons. The van der Waals surface area contributed by atoms with E-state index in [9.17, 15) is 4.79 Å². The Bertz CT molecular complexity index is 139.